The standard InChI is InChI=1S/C12H18N2O2/c1-10(9-16-2)14-12(15)8-13-11-6-4-3-5-7-11/h3-7,10,13H,8-9H2,1-2H3,(H,14,15). The molecule has 0 aliphatic rings. The summed E-state index contributed by atoms with van der Waals surface area (Å²) in [6.45, 7) is 2.71. The number of ether oxygens (including phenoxy) is 1. The molecule has 0 bridgehead atoms. The molecule has 0 aliphatic carbocycles. The minimum Gasteiger partial charge on any atom is -0.383 e. The van der Waals surface area contributed by atoms with Crippen molar-refractivity contribution in [3.8, 4) is 0 Å². The summed E-state index contributed by atoms with van der Waals surface area (Å²) in [5.74, 6) is -0.0339. The predicted molar refractivity (Wildman–Crippen MR) is 64.4 cm³/mol. The summed E-state index contributed by atoms with van der Waals surface area (Å²) in [5.41, 5.74) is 0.942. The molecular weight excluding hydrogens is 204 g/mol. The molecule has 0 aromatic heterocycles. The van der Waals surface area contributed by atoms with Crippen molar-refractivity contribution in [2.45, 2.75) is 13.0 Å². The van der Waals surface area contributed by atoms with Crippen LogP contribution < -0.4 is 10.6 Å². The van der Waals surface area contributed by atoms with Crippen LogP contribution in [0.1, 0.15) is 6.92 Å². The van der Waals surface area contributed by atoms with E-state index in [-0.39, 0.29) is 18.5 Å². The van der Waals surface area contributed by atoms with Crippen LogP contribution in [0.5, 0.6) is 0 Å². The number of benzene rings is 1. The fourth-order valence-electron chi connectivity index (χ4n) is 1.36. The second kappa shape index (κ2) is 6.85. The van der Waals surface area contributed by atoms with E-state index in [4.69, 9.17) is 4.74 Å². The molecule has 0 fully saturated rings. The van der Waals surface area contributed by atoms with Gasteiger partial charge in [0.25, 0.3) is 0 Å². The fraction of sp³-hybridized carbons (Fsp3) is 0.417. The Morgan fingerprint density at radius 2 is 2.06 bits per heavy atom. The van der Waals surface area contributed by atoms with Crippen LogP contribution in [0, 0.1) is 0 Å². The molecule has 4 nitrogen and oxygen atoms in total. The molecule has 2 N–H and O–H groups in total. The summed E-state index contributed by atoms with van der Waals surface area (Å²) < 4.78 is 4.93. The summed E-state index contributed by atoms with van der Waals surface area (Å²) in [6.07, 6.45) is 0. The van der Waals surface area contributed by atoms with E-state index in [0.29, 0.717) is 6.61 Å². The SMILES string of the molecule is COCC(C)NC(=O)CNc1ccccc1. The molecular formula is C12H18N2O2. The van der Waals surface area contributed by atoms with Gasteiger partial charge in [-0.05, 0) is 19.1 Å². The van der Waals surface area contributed by atoms with Gasteiger partial charge >= 0.3 is 0 Å². The molecule has 1 amide bonds. The van der Waals surface area contributed by atoms with E-state index < -0.39 is 0 Å². The highest BCUT2D eigenvalue weighted by molar-refractivity contribution is 5.80. The summed E-state index contributed by atoms with van der Waals surface area (Å²) in [7, 11) is 1.62. The van der Waals surface area contributed by atoms with Crippen LogP contribution in [0.25, 0.3) is 0 Å². The molecule has 0 spiro atoms. The van der Waals surface area contributed by atoms with Gasteiger partial charge in [-0.2, -0.15) is 0 Å². The van der Waals surface area contributed by atoms with Gasteiger partial charge in [0.15, 0.2) is 0 Å². The van der Waals surface area contributed by atoms with Gasteiger partial charge in [0, 0.05) is 18.8 Å². The lowest BCUT2D eigenvalue weighted by Gasteiger charge is -2.13. The zero-order valence-electron chi connectivity index (χ0n) is 9.69. The number of anilines is 1. The number of hydrogen-bond acceptors (Lipinski definition) is 3. The van der Waals surface area contributed by atoms with Crippen molar-refractivity contribution < 1.29 is 9.53 Å². The summed E-state index contributed by atoms with van der Waals surface area (Å²) in [6, 6.07) is 9.67. The molecule has 0 radical (unpaired) electrons. The smallest absolute Gasteiger partial charge is 0.239 e. The van der Waals surface area contributed by atoms with E-state index in [2.05, 4.69) is 10.6 Å². The van der Waals surface area contributed by atoms with Crippen LogP contribution in [-0.4, -0.2) is 32.2 Å². The number of amides is 1. The second-order valence-electron chi connectivity index (χ2n) is 3.64. The third-order valence-corrected chi connectivity index (χ3v) is 2.05. The molecule has 88 valence electrons. The van der Waals surface area contributed by atoms with E-state index in [1.807, 2.05) is 37.3 Å². The Morgan fingerprint density at radius 1 is 1.38 bits per heavy atom. The van der Waals surface area contributed by atoms with Crippen molar-refractivity contribution in [3.05, 3.63) is 30.3 Å². The first-order chi connectivity index (χ1) is 7.72. The van der Waals surface area contributed by atoms with Gasteiger partial charge in [0.1, 0.15) is 0 Å². The first-order valence-electron chi connectivity index (χ1n) is 5.29. The highest BCUT2D eigenvalue weighted by Gasteiger charge is 2.05. The zero-order chi connectivity index (χ0) is 11.8. The number of methoxy groups -OCH3 is 1. The van der Waals surface area contributed by atoms with Gasteiger partial charge in [0.2, 0.25) is 5.91 Å². The lowest BCUT2D eigenvalue weighted by molar-refractivity contribution is -0.120. The number of hydrogen-bond donors (Lipinski definition) is 2. The van der Waals surface area contributed by atoms with Crippen molar-refractivity contribution >= 4 is 11.6 Å². The average molecular weight is 222 g/mol. The highest BCUT2D eigenvalue weighted by Crippen LogP contribution is 2.03. The Morgan fingerprint density at radius 3 is 2.69 bits per heavy atom. The normalized spacial score (nSPS) is 11.9. The molecule has 0 aliphatic heterocycles. The Labute approximate surface area is 96.0 Å². The van der Waals surface area contributed by atoms with Gasteiger partial charge in [0.05, 0.1) is 13.2 Å². The molecule has 16 heavy (non-hydrogen) atoms. The Balaban J connectivity index is 2.25. The number of carbonyl (C=O) groups is 1. The van der Waals surface area contributed by atoms with Crippen LogP contribution in [0.4, 0.5) is 5.69 Å². The lowest BCUT2D eigenvalue weighted by atomic mass is 10.3. The third kappa shape index (κ3) is 4.79. The second-order valence-corrected chi connectivity index (χ2v) is 3.64. The molecule has 1 unspecified atom stereocenters. The van der Waals surface area contributed by atoms with Gasteiger partial charge in [-0.15, -0.1) is 0 Å². The van der Waals surface area contributed by atoms with Gasteiger partial charge in [-0.1, -0.05) is 18.2 Å². The summed E-state index contributed by atoms with van der Waals surface area (Å²) in [5, 5.41) is 5.86. The minimum absolute atomic E-state index is 0.0339. The number of carbonyl (C=O) groups excluding carboxylic acids is 1. The molecule has 1 rings (SSSR count). The Hall–Kier alpha value is -1.55. The molecule has 0 heterocycles. The van der Waals surface area contributed by atoms with E-state index in [9.17, 15) is 4.79 Å². The lowest BCUT2D eigenvalue weighted by Crippen LogP contribution is -2.39. The van der Waals surface area contributed by atoms with Crippen molar-refractivity contribution in [3.63, 3.8) is 0 Å². The first kappa shape index (κ1) is 12.5. The van der Waals surface area contributed by atoms with Crippen molar-refractivity contribution in [2.75, 3.05) is 25.6 Å². The minimum atomic E-state index is -0.0339. The molecule has 1 aromatic carbocycles. The van der Waals surface area contributed by atoms with E-state index in [0.717, 1.165) is 5.69 Å². The van der Waals surface area contributed by atoms with Crippen molar-refractivity contribution in [2.24, 2.45) is 0 Å². The highest BCUT2D eigenvalue weighted by atomic mass is 16.5. The predicted octanol–water partition coefficient (Wildman–Crippen LogP) is 1.25. The number of nitrogens with one attached hydrogen (secondary N) is 2. The molecule has 4 heteroatoms. The molecule has 1 atom stereocenters. The Bertz CT molecular complexity index is 314. The number of rotatable bonds is 6. The monoisotopic (exact) mass is 222 g/mol. The molecule has 1 aromatic rings. The van der Waals surface area contributed by atoms with Crippen LogP contribution >= 0.6 is 0 Å². The van der Waals surface area contributed by atoms with Gasteiger partial charge in [-0.25, -0.2) is 0 Å². The molecule has 0 saturated carbocycles. The van der Waals surface area contributed by atoms with Gasteiger partial charge in [-0.3, -0.25) is 4.79 Å². The molecule has 0 saturated heterocycles. The van der Waals surface area contributed by atoms with Gasteiger partial charge < -0.3 is 15.4 Å². The maximum absolute atomic E-state index is 11.5. The van der Waals surface area contributed by atoms with Crippen LogP contribution in [0.2, 0.25) is 0 Å². The van der Waals surface area contributed by atoms with Crippen LogP contribution in [-0.2, 0) is 9.53 Å². The largest absolute Gasteiger partial charge is 0.383 e. The number of para-hydroxylation sites is 1. The Kier molecular flexibility index (Phi) is 5.36. The summed E-state index contributed by atoms with van der Waals surface area (Å²) in [4.78, 5) is 11.5. The topological polar surface area (TPSA) is 50.4 Å². The first-order valence-corrected chi connectivity index (χ1v) is 5.29. The third-order valence-electron chi connectivity index (χ3n) is 2.05. The van der Waals surface area contributed by atoms with Crippen LogP contribution in [0.15, 0.2) is 30.3 Å². The summed E-state index contributed by atoms with van der Waals surface area (Å²) >= 11 is 0. The van der Waals surface area contributed by atoms with E-state index >= 15 is 0 Å². The van der Waals surface area contributed by atoms with E-state index in [1.54, 1.807) is 7.11 Å². The van der Waals surface area contributed by atoms with E-state index in [1.165, 1.54) is 0 Å². The average Bonchev–Trinajstić information content (AvgIpc) is 2.28. The van der Waals surface area contributed by atoms with Crippen LogP contribution in [0.3, 0.4) is 0 Å². The maximum atomic E-state index is 11.5. The van der Waals surface area contributed by atoms with Crippen molar-refractivity contribution in [1.82, 2.24) is 5.32 Å². The zero-order valence-corrected chi connectivity index (χ0v) is 9.69. The quantitative estimate of drug-likeness (QED) is 0.761. The van der Waals surface area contributed by atoms with Crippen molar-refractivity contribution in [1.29, 1.82) is 0 Å². The maximum Gasteiger partial charge on any atom is 0.239 e. The fourth-order valence-corrected chi connectivity index (χ4v) is 1.36.